The third-order valence-corrected chi connectivity index (χ3v) is 4.97. The SMILES string of the molecule is O=C(NC1(CBr)CCCCC1)c1ccccc1Cl. The Morgan fingerprint density at radius 2 is 1.94 bits per heavy atom. The van der Waals surface area contributed by atoms with E-state index in [-0.39, 0.29) is 11.4 Å². The highest BCUT2D eigenvalue weighted by atomic mass is 79.9. The van der Waals surface area contributed by atoms with Gasteiger partial charge in [0, 0.05) is 5.33 Å². The summed E-state index contributed by atoms with van der Waals surface area (Å²) in [7, 11) is 0. The molecule has 0 saturated heterocycles. The summed E-state index contributed by atoms with van der Waals surface area (Å²) in [6.45, 7) is 0. The van der Waals surface area contributed by atoms with Gasteiger partial charge in [0.1, 0.15) is 0 Å². The number of hydrogen-bond acceptors (Lipinski definition) is 1. The summed E-state index contributed by atoms with van der Waals surface area (Å²) in [5.74, 6) is -0.0676. The molecule has 2 rings (SSSR count). The number of nitrogens with one attached hydrogen (secondary N) is 1. The Hall–Kier alpha value is -0.540. The average Bonchev–Trinajstić information content (AvgIpc) is 2.40. The van der Waals surface area contributed by atoms with Crippen LogP contribution in [-0.2, 0) is 0 Å². The maximum atomic E-state index is 12.3. The van der Waals surface area contributed by atoms with Gasteiger partial charge in [-0.3, -0.25) is 4.79 Å². The van der Waals surface area contributed by atoms with E-state index in [2.05, 4.69) is 21.2 Å². The number of rotatable bonds is 3. The fourth-order valence-electron chi connectivity index (χ4n) is 2.47. The first kappa shape index (κ1) is 13.9. The predicted molar refractivity (Wildman–Crippen MR) is 78.5 cm³/mol. The lowest BCUT2D eigenvalue weighted by atomic mass is 9.83. The lowest BCUT2D eigenvalue weighted by Gasteiger charge is -2.36. The molecule has 0 bridgehead atoms. The molecule has 0 aliphatic heterocycles. The van der Waals surface area contributed by atoms with Crippen LogP contribution in [0.1, 0.15) is 42.5 Å². The number of carbonyl (C=O) groups is 1. The van der Waals surface area contributed by atoms with Gasteiger partial charge in [0.15, 0.2) is 0 Å². The maximum absolute atomic E-state index is 12.3. The van der Waals surface area contributed by atoms with Gasteiger partial charge in [-0.05, 0) is 25.0 Å². The van der Waals surface area contributed by atoms with E-state index in [0.29, 0.717) is 10.6 Å². The molecular formula is C14H17BrClNO. The molecule has 0 atom stereocenters. The average molecular weight is 331 g/mol. The molecule has 1 fully saturated rings. The van der Waals surface area contributed by atoms with Gasteiger partial charge >= 0.3 is 0 Å². The molecule has 0 heterocycles. The van der Waals surface area contributed by atoms with Crippen molar-refractivity contribution in [2.75, 3.05) is 5.33 Å². The van der Waals surface area contributed by atoms with Crippen molar-refractivity contribution < 1.29 is 4.79 Å². The summed E-state index contributed by atoms with van der Waals surface area (Å²) >= 11 is 9.59. The van der Waals surface area contributed by atoms with E-state index in [1.807, 2.05) is 12.1 Å². The van der Waals surface area contributed by atoms with Gasteiger partial charge in [0.25, 0.3) is 5.91 Å². The quantitative estimate of drug-likeness (QED) is 0.828. The van der Waals surface area contributed by atoms with E-state index in [9.17, 15) is 4.79 Å². The second kappa shape index (κ2) is 6.07. The van der Waals surface area contributed by atoms with E-state index >= 15 is 0 Å². The Morgan fingerprint density at radius 1 is 1.28 bits per heavy atom. The standard InChI is InChI=1S/C14H17BrClNO/c15-10-14(8-4-1-5-9-14)17-13(18)11-6-2-3-7-12(11)16/h2-3,6-7H,1,4-5,8-10H2,(H,17,18). The molecule has 0 aromatic heterocycles. The fourth-order valence-corrected chi connectivity index (χ4v) is 3.40. The molecule has 4 heteroatoms. The van der Waals surface area contributed by atoms with Crippen molar-refractivity contribution in [3.63, 3.8) is 0 Å². The van der Waals surface area contributed by atoms with E-state index in [1.165, 1.54) is 19.3 Å². The van der Waals surface area contributed by atoms with Gasteiger partial charge in [0.2, 0.25) is 0 Å². The minimum Gasteiger partial charge on any atom is -0.346 e. The monoisotopic (exact) mass is 329 g/mol. The maximum Gasteiger partial charge on any atom is 0.253 e. The Labute approximate surface area is 121 Å². The number of alkyl halides is 1. The van der Waals surface area contributed by atoms with Crippen LogP contribution in [0.5, 0.6) is 0 Å². The van der Waals surface area contributed by atoms with Crippen LogP contribution >= 0.6 is 27.5 Å². The van der Waals surface area contributed by atoms with E-state index in [4.69, 9.17) is 11.6 Å². The molecule has 1 aliphatic rings. The normalized spacial score (nSPS) is 18.3. The van der Waals surface area contributed by atoms with Crippen LogP contribution in [0.4, 0.5) is 0 Å². The molecule has 1 amide bonds. The summed E-state index contributed by atoms with van der Waals surface area (Å²) in [6, 6.07) is 7.18. The van der Waals surface area contributed by atoms with Gasteiger partial charge in [-0.25, -0.2) is 0 Å². The van der Waals surface area contributed by atoms with Crippen LogP contribution in [-0.4, -0.2) is 16.8 Å². The molecule has 0 spiro atoms. The zero-order valence-electron chi connectivity index (χ0n) is 10.2. The Morgan fingerprint density at radius 3 is 2.56 bits per heavy atom. The van der Waals surface area contributed by atoms with Gasteiger partial charge in [0.05, 0.1) is 16.1 Å². The molecule has 18 heavy (non-hydrogen) atoms. The van der Waals surface area contributed by atoms with E-state index in [1.54, 1.807) is 12.1 Å². The number of hydrogen-bond donors (Lipinski definition) is 1. The molecule has 2 nitrogen and oxygen atoms in total. The lowest BCUT2D eigenvalue weighted by Crippen LogP contribution is -2.51. The predicted octanol–water partition coefficient (Wildman–Crippen LogP) is 4.17. The first-order valence-electron chi connectivity index (χ1n) is 6.30. The zero-order chi connectivity index (χ0) is 13.0. The molecule has 1 saturated carbocycles. The van der Waals surface area contributed by atoms with Crippen molar-refractivity contribution in [2.45, 2.75) is 37.6 Å². The molecular weight excluding hydrogens is 314 g/mol. The van der Waals surface area contributed by atoms with Crippen molar-refractivity contribution in [1.82, 2.24) is 5.32 Å². The highest BCUT2D eigenvalue weighted by Gasteiger charge is 2.32. The number of halogens is 2. The summed E-state index contributed by atoms with van der Waals surface area (Å²) in [4.78, 5) is 12.3. The van der Waals surface area contributed by atoms with Crippen LogP contribution in [0.15, 0.2) is 24.3 Å². The van der Waals surface area contributed by atoms with Crippen molar-refractivity contribution in [2.24, 2.45) is 0 Å². The Bertz CT molecular complexity index is 430. The number of carbonyl (C=O) groups excluding carboxylic acids is 1. The second-order valence-corrected chi connectivity index (χ2v) is 5.88. The molecule has 1 aromatic rings. The van der Waals surface area contributed by atoms with Gasteiger partial charge in [-0.2, -0.15) is 0 Å². The smallest absolute Gasteiger partial charge is 0.253 e. The van der Waals surface area contributed by atoms with Crippen LogP contribution in [0.3, 0.4) is 0 Å². The summed E-state index contributed by atoms with van der Waals surface area (Å²) in [6.07, 6.45) is 5.68. The van der Waals surface area contributed by atoms with Gasteiger partial charge in [-0.15, -0.1) is 0 Å². The first-order valence-corrected chi connectivity index (χ1v) is 7.80. The van der Waals surface area contributed by atoms with Crippen LogP contribution in [0.25, 0.3) is 0 Å². The van der Waals surface area contributed by atoms with Crippen molar-refractivity contribution in [1.29, 1.82) is 0 Å². The third kappa shape index (κ3) is 3.07. The summed E-state index contributed by atoms with van der Waals surface area (Å²) in [5.41, 5.74) is 0.458. The summed E-state index contributed by atoms with van der Waals surface area (Å²) in [5, 5.41) is 4.48. The van der Waals surface area contributed by atoms with E-state index < -0.39 is 0 Å². The molecule has 0 radical (unpaired) electrons. The highest BCUT2D eigenvalue weighted by Crippen LogP contribution is 2.30. The Kier molecular flexibility index (Phi) is 4.68. The highest BCUT2D eigenvalue weighted by molar-refractivity contribution is 9.09. The lowest BCUT2D eigenvalue weighted by molar-refractivity contribution is 0.0886. The molecule has 1 aromatic carbocycles. The zero-order valence-corrected chi connectivity index (χ0v) is 12.6. The van der Waals surface area contributed by atoms with Crippen molar-refractivity contribution in [3.05, 3.63) is 34.9 Å². The van der Waals surface area contributed by atoms with E-state index in [0.717, 1.165) is 18.2 Å². The second-order valence-electron chi connectivity index (χ2n) is 4.91. The minimum atomic E-state index is -0.103. The minimum absolute atomic E-state index is 0.0676. The molecule has 1 aliphatic carbocycles. The van der Waals surface area contributed by atoms with Crippen LogP contribution in [0.2, 0.25) is 5.02 Å². The van der Waals surface area contributed by atoms with Crippen LogP contribution in [0, 0.1) is 0 Å². The van der Waals surface area contributed by atoms with Crippen LogP contribution < -0.4 is 5.32 Å². The molecule has 98 valence electrons. The largest absolute Gasteiger partial charge is 0.346 e. The third-order valence-electron chi connectivity index (χ3n) is 3.56. The fraction of sp³-hybridized carbons (Fsp3) is 0.500. The van der Waals surface area contributed by atoms with Gasteiger partial charge < -0.3 is 5.32 Å². The van der Waals surface area contributed by atoms with Gasteiger partial charge in [-0.1, -0.05) is 58.9 Å². The molecule has 0 unspecified atom stereocenters. The first-order chi connectivity index (χ1) is 8.67. The van der Waals surface area contributed by atoms with Crippen molar-refractivity contribution >= 4 is 33.4 Å². The van der Waals surface area contributed by atoms with Crippen molar-refractivity contribution in [3.8, 4) is 0 Å². The summed E-state index contributed by atoms with van der Waals surface area (Å²) < 4.78 is 0. The topological polar surface area (TPSA) is 29.1 Å². The number of amides is 1. The number of benzene rings is 1. The Balaban J connectivity index is 2.13. The molecule has 1 N–H and O–H groups in total.